The third-order valence-corrected chi connectivity index (χ3v) is 3.46. The maximum absolute atomic E-state index is 4.58. The van der Waals surface area contributed by atoms with Gasteiger partial charge in [0.25, 0.3) is 0 Å². The molecule has 0 bridgehead atoms. The van der Waals surface area contributed by atoms with Gasteiger partial charge in [-0.25, -0.2) is 9.67 Å². The molecule has 0 amide bonds. The van der Waals surface area contributed by atoms with Gasteiger partial charge >= 0.3 is 0 Å². The molecule has 6 heteroatoms. The van der Waals surface area contributed by atoms with Crippen LogP contribution in [0.25, 0.3) is 11.0 Å². The van der Waals surface area contributed by atoms with Crippen LogP contribution in [0.2, 0.25) is 0 Å². The van der Waals surface area contributed by atoms with Gasteiger partial charge in [0, 0.05) is 24.3 Å². The first-order valence-corrected chi connectivity index (χ1v) is 7.28. The van der Waals surface area contributed by atoms with Crippen molar-refractivity contribution in [3.8, 4) is 0 Å². The zero-order chi connectivity index (χ0) is 15.5. The maximum atomic E-state index is 4.58. The number of nitrogens with one attached hydrogen (secondary N) is 1. The molecule has 0 aliphatic carbocycles. The molecule has 0 saturated heterocycles. The molecule has 3 aromatic heterocycles. The first-order valence-electron chi connectivity index (χ1n) is 7.28. The van der Waals surface area contributed by atoms with Crippen LogP contribution in [-0.2, 0) is 6.54 Å². The van der Waals surface area contributed by atoms with Crippen molar-refractivity contribution in [2.24, 2.45) is 0 Å². The summed E-state index contributed by atoms with van der Waals surface area (Å²) in [7, 11) is 0. The molecular weight excluding hydrogens is 288 g/mol. The fourth-order valence-electron chi connectivity index (χ4n) is 2.36. The van der Waals surface area contributed by atoms with Gasteiger partial charge < -0.3 is 5.32 Å². The topological polar surface area (TPSA) is 68.5 Å². The van der Waals surface area contributed by atoms with Gasteiger partial charge in [-0.3, -0.25) is 4.98 Å². The van der Waals surface area contributed by atoms with Gasteiger partial charge in [-0.15, -0.1) is 0 Å². The van der Waals surface area contributed by atoms with Crippen molar-refractivity contribution in [2.75, 3.05) is 5.32 Å². The second kappa shape index (κ2) is 5.84. The number of nitrogens with zero attached hydrogens (tertiary/aromatic N) is 5. The Labute approximate surface area is 132 Å². The van der Waals surface area contributed by atoms with Crippen LogP contribution in [0.4, 0.5) is 11.6 Å². The minimum atomic E-state index is 0.552. The SMILES string of the molecule is c1ccc(Nc2ncc3cnn(Cc4cccnc4)c3n2)cc1. The second-order valence-electron chi connectivity index (χ2n) is 5.13. The van der Waals surface area contributed by atoms with Crippen LogP contribution in [0.15, 0.2) is 67.3 Å². The van der Waals surface area contributed by atoms with Gasteiger partial charge in [0.05, 0.1) is 18.1 Å². The van der Waals surface area contributed by atoms with Gasteiger partial charge in [0.1, 0.15) is 0 Å². The van der Waals surface area contributed by atoms with E-state index in [0.717, 1.165) is 22.3 Å². The number of benzene rings is 1. The van der Waals surface area contributed by atoms with E-state index in [1.165, 1.54) is 0 Å². The average Bonchev–Trinajstić information content (AvgIpc) is 2.99. The summed E-state index contributed by atoms with van der Waals surface area (Å²) < 4.78 is 1.85. The molecule has 0 saturated carbocycles. The number of hydrogen-bond donors (Lipinski definition) is 1. The maximum Gasteiger partial charge on any atom is 0.229 e. The van der Waals surface area contributed by atoms with Crippen molar-refractivity contribution in [1.82, 2.24) is 24.7 Å². The van der Waals surface area contributed by atoms with Crippen molar-refractivity contribution < 1.29 is 0 Å². The Bertz CT molecular complexity index is 918. The zero-order valence-electron chi connectivity index (χ0n) is 12.3. The molecule has 0 spiro atoms. The van der Waals surface area contributed by atoms with Crippen LogP contribution in [0, 0.1) is 0 Å². The molecule has 112 valence electrons. The van der Waals surface area contributed by atoms with E-state index in [-0.39, 0.29) is 0 Å². The van der Waals surface area contributed by atoms with E-state index in [0.29, 0.717) is 12.5 Å². The predicted molar refractivity (Wildman–Crippen MR) is 88.4 cm³/mol. The lowest BCUT2D eigenvalue weighted by molar-refractivity contribution is 0.702. The summed E-state index contributed by atoms with van der Waals surface area (Å²) in [5.74, 6) is 0.552. The second-order valence-corrected chi connectivity index (χ2v) is 5.13. The lowest BCUT2D eigenvalue weighted by atomic mass is 10.3. The number of anilines is 2. The van der Waals surface area contributed by atoms with Crippen LogP contribution in [0.3, 0.4) is 0 Å². The number of hydrogen-bond acceptors (Lipinski definition) is 5. The van der Waals surface area contributed by atoms with Crippen LogP contribution in [-0.4, -0.2) is 24.7 Å². The predicted octanol–water partition coefficient (Wildman–Crippen LogP) is 3.01. The number of rotatable bonds is 4. The average molecular weight is 302 g/mol. The third kappa shape index (κ3) is 2.87. The molecule has 0 atom stereocenters. The van der Waals surface area contributed by atoms with E-state index in [1.807, 2.05) is 53.3 Å². The van der Waals surface area contributed by atoms with Gasteiger partial charge in [0.15, 0.2) is 5.65 Å². The summed E-state index contributed by atoms with van der Waals surface area (Å²) >= 11 is 0. The highest BCUT2D eigenvalue weighted by Crippen LogP contribution is 2.16. The lowest BCUT2D eigenvalue weighted by Crippen LogP contribution is -2.04. The molecule has 1 N–H and O–H groups in total. The van der Waals surface area contributed by atoms with Crippen molar-refractivity contribution in [1.29, 1.82) is 0 Å². The fraction of sp³-hybridized carbons (Fsp3) is 0.0588. The van der Waals surface area contributed by atoms with E-state index in [9.17, 15) is 0 Å². The molecule has 23 heavy (non-hydrogen) atoms. The summed E-state index contributed by atoms with van der Waals surface area (Å²) in [6.07, 6.45) is 7.14. The highest BCUT2D eigenvalue weighted by atomic mass is 15.3. The number of fused-ring (bicyclic) bond motifs is 1. The molecule has 6 nitrogen and oxygen atoms in total. The first kappa shape index (κ1) is 13.4. The molecule has 4 rings (SSSR count). The molecule has 0 aliphatic rings. The number of aromatic nitrogens is 5. The third-order valence-electron chi connectivity index (χ3n) is 3.46. The van der Waals surface area contributed by atoms with E-state index < -0.39 is 0 Å². The minimum Gasteiger partial charge on any atom is -0.324 e. The summed E-state index contributed by atoms with van der Waals surface area (Å²) in [6.45, 7) is 0.624. The van der Waals surface area contributed by atoms with Crippen LogP contribution in [0.1, 0.15) is 5.56 Å². The Morgan fingerprint density at radius 3 is 2.70 bits per heavy atom. The van der Waals surface area contributed by atoms with E-state index >= 15 is 0 Å². The molecule has 0 unspecified atom stereocenters. The summed E-state index contributed by atoms with van der Waals surface area (Å²) in [4.78, 5) is 13.1. The standard InChI is InChI=1S/C17H14N6/c1-2-6-15(7-3-1)21-17-19-10-14-11-20-23(16(14)22-17)12-13-5-4-8-18-9-13/h1-11H,12H2,(H,19,21,22). The van der Waals surface area contributed by atoms with Gasteiger partial charge in [-0.2, -0.15) is 10.1 Å². The van der Waals surface area contributed by atoms with Crippen LogP contribution in [0.5, 0.6) is 0 Å². The molecule has 4 aromatic rings. The Kier molecular flexibility index (Phi) is 3.40. The highest BCUT2D eigenvalue weighted by molar-refractivity contribution is 5.75. The normalized spacial score (nSPS) is 10.8. The monoisotopic (exact) mass is 302 g/mol. The molecule has 1 aromatic carbocycles. The van der Waals surface area contributed by atoms with Crippen molar-refractivity contribution >= 4 is 22.7 Å². The molecule has 0 aliphatic heterocycles. The highest BCUT2D eigenvalue weighted by Gasteiger charge is 2.07. The number of para-hydroxylation sites is 1. The Morgan fingerprint density at radius 1 is 0.957 bits per heavy atom. The summed E-state index contributed by atoms with van der Waals surface area (Å²) in [5.41, 5.74) is 2.82. The quantitative estimate of drug-likeness (QED) is 0.627. The molecule has 3 heterocycles. The van der Waals surface area contributed by atoms with E-state index in [4.69, 9.17) is 0 Å². The molecule has 0 radical (unpaired) electrons. The first-order chi connectivity index (χ1) is 11.4. The van der Waals surface area contributed by atoms with Crippen LogP contribution >= 0.6 is 0 Å². The van der Waals surface area contributed by atoms with E-state index in [1.54, 1.807) is 18.6 Å². The van der Waals surface area contributed by atoms with Crippen molar-refractivity contribution in [2.45, 2.75) is 6.54 Å². The summed E-state index contributed by atoms with van der Waals surface area (Å²) in [6, 6.07) is 13.8. The Morgan fingerprint density at radius 2 is 1.87 bits per heavy atom. The lowest BCUT2D eigenvalue weighted by Gasteiger charge is -2.06. The van der Waals surface area contributed by atoms with E-state index in [2.05, 4.69) is 25.4 Å². The fourth-order valence-corrected chi connectivity index (χ4v) is 2.36. The largest absolute Gasteiger partial charge is 0.324 e. The minimum absolute atomic E-state index is 0.552. The number of pyridine rings is 1. The smallest absolute Gasteiger partial charge is 0.229 e. The molecule has 0 fully saturated rings. The van der Waals surface area contributed by atoms with Crippen molar-refractivity contribution in [3.63, 3.8) is 0 Å². The summed E-state index contributed by atoms with van der Waals surface area (Å²) in [5, 5.41) is 8.51. The van der Waals surface area contributed by atoms with Crippen LogP contribution < -0.4 is 5.32 Å². The van der Waals surface area contributed by atoms with Gasteiger partial charge in [0.2, 0.25) is 5.95 Å². The Hall–Kier alpha value is -3.28. The Balaban J connectivity index is 1.66. The van der Waals surface area contributed by atoms with Gasteiger partial charge in [-0.05, 0) is 23.8 Å². The molecular formula is C17H14N6. The zero-order valence-corrected chi connectivity index (χ0v) is 12.3. The van der Waals surface area contributed by atoms with Gasteiger partial charge in [-0.1, -0.05) is 24.3 Å². The van der Waals surface area contributed by atoms with Crippen molar-refractivity contribution in [3.05, 3.63) is 72.8 Å².